The molecule has 63 heavy (non-hydrogen) atoms. The van der Waals surface area contributed by atoms with Gasteiger partial charge >= 0.3 is 29.8 Å². The molecule has 0 radical (unpaired) electrons. The molecule has 1 aliphatic heterocycles. The van der Waals surface area contributed by atoms with Crippen LogP contribution in [0.25, 0.3) is 0 Å². The third kappa shape index (κ3) is 22.4. The van der Waals surface area contributed by atoms with Crippen molar-refractivity contribution >= 4 is 53.3 Å². The Morgan fingerprint density at radius 3 is 1.52 bits per heavy atom. The molecule has 360 valence electrons. The molecule has 1 amide bonds. The molecule has 4 unspecified atom stereocenters. The van der Waals surface area contributed by atoms with Crippen molar-refractivity contribution in [3.63, 3.8) is 0 Å². The maximum absolute atomic E-state index is 13.3. The van der Waals surface area contributed by atoms with Crippen LogP contribution in [0.2, 0.25) is 0 Å². The van der Waals surface area contributed by atoms with Gasteiger partial charge in [-0.05, 0) is 54.9 Å². The molecule has 17 nitrogen and oxygen atoms in total. The van der Waals surface area contributed by atoms with Gasteiger partial charge in [-0.15, -0.1) is 4.37 Å². The van der Waals surface area contributed by atoms with Gasteiger partial charge < -0.3 is 43.0 Å². The van der Waals surface area contributed by atoms with Crippen molar-refractivity contribution in [2.75, 3.05) is 44.4 Å². The Kier molecular flexibility index (Phi) is 26.4. The number of hydrogen-bond acceptors (Lipinski definition) is 17. The third-order valence-electron chi connectivity index (χ3n) is 10.5. The first-order valence-corrected chi connectivity index (χ1v) is 23.7. The highest BCUT2D eigenvalue weighted by Gasteiger charge is 2.34. The lowest BCUT2D eigenvalue weighted by atomic mass is 10.0. The van der Waals surface area contributed by atoms with E-state index in [2.05, 4.69) is 15.7 Å². The molecule has 0 spiro atoms. The Balaban J connectivity index is 1.75. The second-order valence-corrected chi connectivity index (χ2v) is 17.8. The zero-order valence-electron chi connectivity index (χ0n) is 39.4. The summed E-state index contributed by atoms with van der Waals surface area (Å²) in [5.74, 6) is -4.04. The van der Waals surface area contributed by atoms with E-state index in [1.165, 1.54) is 110 Å². The summed E-state index contributed by atoms with van der Waals surface area (Å²) in [6.45, 7) is 16.3. The van der Waals surface area contributed by atoms with Crippen LogP contribution in [0, 0.1) is 0 Å². The number of ether oxygens (including phenoxy) is 7. The summed E-state index contributed by atoms with van der Waals surface area (Å²) in [4.78, 5) is 79.9. The minimum absolute atomic E-state index is 0.0440. The van der Waals surface area contributed by atoms with Crippen molar-refractivity contribution in [1.82, 2.24) is 13.6 Å². The standard InChI is InChI=1S/C45H76N4O13S/c1-10-11-12-13-14-15-16-17-18-19-20-21-22-23-24-25-38(51)58-32(2)41(52)59-33(3)42(53)60-34(4)43(54)61-35(5)44(55)62-37(30-49(36(6)50)45(7,8)9)31-57-40-39(46-63-47-40)48-26-28-56-29-27-48/h32-35,37H,10-31H2,1-9H3/t32?,33?,34?,35?,37-/m0/s1. The van der Waals surface area contributed by atoms with E-state index in [9.17, 15) is 28.8 Å². The molecule has 0 aliphatic carbocycles. The van der Waals surface area contributed by atoms with Crippen LogP contribution in [0.15, 0.2) is 0 Å². The Morgan fingerprint density at radius 1 is 0.651 bits per heavy atom. The van der Waals surface area contributed by atoms with E-state index in [-0.39, 0.29) is 31.4 Å². The Hall–Kier alpha value is -4.06. The number of anilines is 1. The summed E-state index contributed by atoms with van der Waals surface area (Å²) in [7, 11) is 0. The first-order chi connectivity index (χ1) is 29.9. The van der Waals surface area contributed by atoms with Gasteiger partial charge in [0.1, 0.15) is 6.61 Å². The number of carbonyl (C=O) groups is 6. The summed E-state index contributed by atoms with van der Waals surface area (Å²) < 4.78 is 46.5. The first kappa shape index (κ1) is 55.1. The average molecular weight is 913 g/mol. The molecule has 1 aromatic rings. The van der Waals surface area contributed by atoms with E-state index >= 15 is 0 Å². The number of carbonyl (C=O) groups excluding carboxylic acids is 6. The molecule has 1 aliphatic rings. The van der Waals surface area contributed by atoms with E-state index in [0.717, 1.165) is 31.0 Å². The van der Waals surface area contributed by atoms with E-state index in [1.54, 1.807) is 0 Å². The van der Waals surface area contributed by atoms with Crippen LogP contribution in [0.1, 0.15) is 165 Å². The fourth-order valence-electron chi connectivity index (χ4n) is 6.77. The summed E-state index contributed by atoms with van der Waals surface area (Å²) in [5, 5.41) is 0. The van der Waals surface area contributed by atoms with Gasteiger partial charge in [0.15, 0.2) is 30.5 Å². The normalized spacial score (nSPS) is 15.3. The second-order valence-electron chi connectivity index (χ2n) is 17.2. The SMILES string of the molecule is CCCCCCCCCCCCCCCCCC(=O)OC(C)C(=O)OC(C)C(=O)OC(C)C(=O)OC(C)C(=O)O[C@H](COc1nsnc1N1CCOCC1)CN(C(C)=O)C(C)(C)C. The predicted molar refractivity (Wildman–Crippen MR) is 237 cm³/mol. The number of nitrogens with zero attached hydrogens (tertiary/aromatic N) is 4. The lowest BCUT2D eigenvalue weighted by molar-refractivity contribution is -0.186. The molecule has 2 heterocycles. The number of amides is 1. The number of rotatable bonds is 31. The van der Waals surface area contributed by atoms with Crippen LogP contribution in [0.5, 0.6) is 5.88 Å². The maximum atomic E-state index is 13.3. The van der Waals surface area contributed by atoms with Crippen LogP contribution in [-0.4, -0.2) is 125 Å². The lowest BCUT2D eigenvalue weighted by Gasteiger charge is -2.37. The largest absolute Gasteiger partial charge is 0.470 e. The highest BCUT2D eigenvalue weighted by atomic mass is 32.1. The summed E-state index contributed by atoms with van der Waals surface area (Å²) in [6, 6.07) is 0. The maximum Gasteiger partial charge on any atom is 0.347 e. The molecule has 1 aromatic heterocycles. The molecule has 0 saturated carbocycles. The monoisotopic (exact) mass is 913 g/mol. The Bertz CT molecular complexity index is 1530. The van der Waals surface area contributed by atoms with Gasteiger partial charge in [-0.2, -0.15) is 4.37 Å². The molecule has 1 saturated heterocycles. The van der Waals surface area contributed by atoms with Gasteiger partial charge in [0.2, 0.25) is 11.7 Å². The quantitative estimate of drug-likeness (QED) is 0.0408. The van der Waals surface area contributed by atoms with Gasteiger partial charge in [0, 0.05) is 32.0 Å². The minimum Gasteiger partial charge on any atom is -0.470 e. The van der Waals surface area contributed by atoms with Crippen LogP contribution in [0.3, 0.4) is 0 Å². The average Bonchev–Trinajstić information content (AvgIpc) is 3.71. The van der Waals surface area contributed by atoms with Crippen molar-refractivity contribution in [3.8, 4) is 5.88 Å². The third-order valence-corrected chi connectivity index (χ3v) is 11.0. The molecule has 5 atom stereocenters. The highest BCUT2D eigenvalue weighted by molar-refractivity contribution is 6.99. The highest BCUT2D eigenvalue weighted by Crippen LogP contribution is 2.27. The molecule has 0 bridgehead atoms. The Labute approximate surface area is 379 Å². The number of esters is 5. The van der Waals surface area contributed by atoms with Gasteiger partial charge in [0.05, 0.1) is 31.5 Å². The molecule has 18 heteroatoms. The molecular formula is C45H76N4O13S. The fraction of sp³-hybridized carbons (Fsp3) is 0.822. The lowest BCUT2D eigenvalue weighted by Crippen LogP contribution is -2.50. The van der Waals surface area contributed by atoms with Gasteiger partial charge in [-0.25, -0.2) is 19.2 Å². The molecule has 0 aromatic carbocycles. The van der Waals surface area contributed by atoms with Crippen molar-refractivity contribution < 1.29 is 61.9 Å². The van der Waals surface area contributed by atoms with Crippen molar-refractivity contribution in [3.05, 3.63) is 0 Å². The van der Waals surface area contributed by atoms with Gasteiger partial charge in [-0.3, -0.25) is 9.59 Å². The second kappa shape index (κ2) is 30.1. The van der Waals surface area contributed by atoms with E-state index in [0.29, 0.717) is 38.5 Å². The Morgan fingerprint density at radius 2 is 1.08 bits per heavy atom. The molecule has 2 rings (SSSR count). The molecule has 0 N–H and O–H groups in total. The van der Waals surface area contributed by atoms with E-state index < -0.39 is 65.9 Å². The molecular weight excluding hydrogens is 837 g/mol. The summed E-state index contributed by atoms with van der Waals surface area (Å²) in [5.41, 5.74) is -0.631. The minimum atomic E-state index is -1.50. The van der Waals surface area contributed by atoms with E-state index in [1.807, 2.05) is 25.7 Å². The number of hydrogen-bond donors (Lipinski definition) is 0. The zero-order chi connectivity index (χ0) is 46.8. The van der Waals surface area contributed by atoms with Gasteiger partial charge in [-0.1, -0.05) is 96.8 Å². The van der Waals surface area contributed by atoms with Crippen molar-refractivity contribution in [2.24, 2.45) is 0 Å². The summed E-state index contributed by atoms with van der Waals surface area (Å²) >= 11 is 0.966. The van der Waals surface area contributed by atoms with Crippen LogP contribution in [-0.2, 0) is 57.2 Å². The number of unbranched alkanes of at least 4 members (excludes halogenated alkanes) is 14. The van der Waals surface area contributed by atoms with Crippen LogP contribution < -0.4 is 9.64 Å². The van der Waals surface area contributed by atoms with Crippen molar-refractivity contribution in [2.45, 2.75) is 201 Å². The smallest absolute Gasteiger partial charge is 0.347 e. The van der Waals surface area contributed by atoms with Crippen LogP contribution >= 0.6 is 11.7 Å². The van der Waals surface area contributed by atoms with Crippen molar-refractivity contribution in [1.29, 1.82) is 0 Å². The topological polar surface area (TPSA) is 199 Å². The number of aromatic nitrogens is 2. The predicted octanol–water partition coefficient (Wildman–Crippen LogP) is 7.30. The van der Waals surface area contributed by atoms with Gasteiger partial charge in [0.25, 0.3) is 5.88 Å². The molecule has 1 fully saturated rings. The summed E-state index contributed by atoms with van der Waals surface area (Å²) in [6.07, 6.45) is 11.6. The van der Waals surface area contributed by atoms with E-state index in [4.69, 9.17) is 33.2 Å². The zero-order valence-corrected chi connectivity index (χ0v) is 40.3. The van der Waals surface area contributed by atoms with Crippen LogP contribution in [0.4, 0.5) is 5.82 Å². The number of morpholine rings is 1. The fourth-order valence-corrected chi connectivity index (χ4v) is 7.29. The first-order valence-electron chi connectivity index (χ1n) is 23.0.